The predicted octanol–water partition coefficient (Wildman–Crippen LogP) is 3.00. The van der Waals surface area contributed by atoms with Crippen LogP contribution in [0.25, 0.3) is 0 Å². The number of hydrogen-bond acceptors (Lipinski definition) is 4. The summed E-state index contributed by atoms with van der Waals surface area (Å²) in [6.07, 6.45) is 0.213. The van der Waals surface area contributed by atoms with Crippen LogP contribution in [-0.4, -0.2) is 29.7 Å². The lowest BCUT2D eigenvalue weighted by atomic mass is 9.82. The third kappa shape index (κ3) is 3.05. The number of likely N-dealkylation sites (tertiary alicyclic amines) is 1. The van der Waals surface area contributed by atoms with Gasteiger partial charge >= 0.3 is 6.09 Å². The maximum absolute atomic E-state index is 13.5. The largest absolute Gasteiger partial charge is 0.483 e. The van der Waals surface area contributed by atoms with Crippen LogP contribution in [-0.2, 0) is 11.3 Å². The zero-order valence-corrected chi connectivity index (χ0v) is 13.7. The van der Waals surface area contributed by atoms with E-state index in [1.807, 2.05) is 30.3 Å². The van der Waals surface area contributed by atoms with Crippen molar-refractivity contribution in [3.05, 3.63) is 65.5 Å². The molecule has 0 bridgehead atoms. The molecule has 1 amide bonds. The Hall–Kier alpha value is -2.60. The fourth-order valence-electron chi connectivity index (χ4n) is 3.47. The Balaban J connectivity index is 1.37. The van der Waals surface area contributed by atoms with Crippen LogP contribution in [0.4, 0.5) is 9.18 Å². The zero-order valence-electron chi connectivity index (χ0n) is 13.7. The molecular weight excluding hydrogens is 323 g/mol. The number of nitrogens with zero attached hydrogens (tertiary/aromatic N) is 1. The van der Waals surface area contributed by atoms with E-state index in [9.17, 15) is 9.18 Å². The lowest BCUT2D eigenvalue weighted by Crippen LogP contribution is -2.68. The molecular formula is C19H19FN2O3. The molecule has 6 heteroatoms. The second-order valence-electron chi connectivity index (χ2n) is 6.67. The number of ether oxygens (including phenoxy) is 2. The van der Waals surface area contributed by atoms with Crippen LogP contribution in [0.2, 0.25) is 0 Å². The molecule has 5 nitrogen and oxygen atoms in total. The average molecular weight is 342 g/mol. The van der Waals surface area contributed by atoms with E-state index < -0.39 is 5.60 Å². The van der Waals surface area contributed by atoms with Crippen LogP contribution in [0.5, 0.6) is 5.75 Å². The maximum Gasteiger partial charge on any atom is 0.410 e. The lowest BCUT2D eigenvalue weighted by Gasteiger charge is -2.52. The van der Waals surface area contributed by atoms with Gasteiger partial charge in [0.05, 0.1) is 13.1 Å². The number of fused-ring (bicyclic) bond motifs is 1. The van der Waals surface area contributed by atoms with E-state index in [0.29, 0.717) is 25.3 Å². The maximum atomic E-state index is 13.5. The standard InChI is InChI=1S/C19H19FN2O3/c20-14-6-7-15-16(21)9-19(25-17(15)8-14)11-22(12-19)18(23)24-10-13-4-2-1-3-5-13/h1-8,16H,9-12,21H2. The highest BCUT2D eigenvalue weighted by Crippen LogP contribution is 2.43. The highest BCUT2D eigenvalue weighted by atomic mass is 19.1. The van der Waals surface area contributed by atoms with Gasteiger partial charge in [0.25, 0.3) is 0 Å². The molecule has 2 aliphatic rings. The molecule has 1 atom stereocenters. The average Bonchev–Trinajstić information content (AvgIpc) is 2.58. The molecule has 25 heavy (non-hydrogen) atoms. The Kier molecular flexibility index (Phi) is 3.84. The number of benzene rings is 2. The molecule has 0 aliphatic carbocycles. The van der Waals surface area contributed by atoms with Crippen molar-refractivity contribution in [2.24, 2.45) is 5.73 Å². The summed E-state index contributed by atoms with van der Waals surface area (Å²) < 4.78 is 24.8. The van der Waals surface area contributed by atoms with Crippen LogP contribution in [0.3, 0.4) is 0 Å². The van der Waals surface area contributed by atoms with E-state index in [-0.39, 0.29) is 24.6 Å². The number of halogens is 1. The first-order chi connectivity index (χ1) is 12.0. The Morgan fingerprint density at radius 2 is 2.04 bits per heavy atom. The van der Waals surface area contributed by atoms with Crippen molar-refractivity contribution in [2.75, 3.05) is 13.1 Å². The van der Waals surface area contributed by atoms with Gasteiger partial charge in [-0.25, -0.2) is 9.18 Å². The summed E-state index contributed by atoms with van der Waals surface area (Å²) in [5, 5.41) is 0. The molecule has 1 spiro atoms. The molecule has 1 unspecified atom stereocenters. The van der Waals surface area contributed by atoms with Gasteiger partial charge in [0.15, 0.2) is 0 Å². The molecule has 1 saturated heterocycles. The molecule has 4 rings (SSSR count). The number of amides is 1. The van der Waals surface area contributed by atoms with E-state index in [2.05, 4.69) is 0 Å². The minimum Gasteiger partial charge on any atom is -0.483 e. The first-order valence-electron chi connectivity index (χ1n) is 8.24. The van der Waals surface area contributed by atoms with Crippen molar-refractivity contribution in [3.8, 4) is 5.75 Å². The van der Waals surface area contributed by atoms with Gasteiger partial charge in [0, 0.05) is 24.1 Å². The second kappa shape index (κ2) is 6.04. The summed E-state index contributed by atoms with van der Waals surface area (Å²) in [7, 11) is 0. The van der Waals surface area contributed by atoms with Gasteiger partial charge in [0.1, 0.15) is 23.8 Å². The van der Waals surface area contributed by atoms with Crippen molar-refractivity contribution in [2.45, 2.75) is 24.7 Å². The fourth-order valence-corrected chi connectivity index (χ4v) is 3.47. The highest BCUT2D eigenvalue weighted by Gasteiger charge is 2.51. The highest BCUT2D eigenvalue weighted by molar-refractivity contribution is 5.69. The number of nitrogens with two attached hydrogens (primary N) is 1. The van der Waals surface area contributed by atoms with Crippen LogP contribution in [0, 0.1) is 5.82 Å². The van der Waals surface area contributed by atoms with E-state index >= 15 is 0 Å². The topological polar surface area (TPSA) is 64.8 Å². The molecule has 2 aromatic rings. The van der Waals surface area contributed by atoms with E-state index in [1.54, 1.807) is 11.0 Å². The van der Waals surface area contributed by atoms with Crippen LogP contribution in [0.15, 0.2) is 48.5 Å². The van der Waals surface area contributed by atoms with Crippen LogP contribution in [0.1, 0.15) is 23.6 Å². The number of carbonyl (C=O) groups is 1. The molecule has 2 heterocycles. The van der Waals surface area contributed by atoms with Gasteiger partial charge in [-0.1, -0.05) is 36.4 Å². The predicted molar refractivity (Wildman–Crippen MR) is 89.5 cm³/mol. The second-order valence-corrected chi connectivity index (χ2v) is 6.67. The van der Waals surface area contributed by atoms with Crippen LogP contribution < -0.4 is 10.5 Å². The molecule has 2 aromatic carbocycles. The van der Waals surface area contributed by atoms with Crippen molar-refractivity contribution in [1.82, 2.24) is 4.90 Å². The van der Waals surface area contributed by atoms with Crippen molar-refractivity contribution in [3.63, 3.8) is 0 Å². The van der Waals surface area contributed by atoms with Gasteiger partial charge in [-0.2, -0.15) is 0 Å². The normalized spacial score (nSPS) is 20.4. The summed E-state index contributed by atoms with van der Waals surface area (Å²) in [6.45, 7) is 1.02. The third-order valence-electron chi connectivity index (χ3n) is 4.71. The zero-order chi connectivity index (χ0) is 17.4. The van der Waals surface area contributed by atoms with Crippen molar-refractivity contribution < 1.29 is 18.7 Å². The summed E-state index contributed by atoms with van der Waals surface area (Å²) in [4.78, 5) is 13.7. The first-order valence-corrected chi connectivity index (χ1v) is 8.24. The molecule has 2 N–H and O–H groups in total. The summed E-state index contributed by atoms with van der Waals surface area (Å²) in [5.74, 6) is 0.109. The van der Waals surface area contributed by atoms with Gasteiger partial charge < -0.3 is 20.1 Å². The minimum absolute atomic E-state index is 0.230. The minimum atomic E-state index is -0.550. The Morgan fingerprint density at radius 1 is 1.28 bits per heavy atom. The monoisotopic (exact) mass is 342 g/mol. The number of carbonyl (C=O) groups excluding carboxylic acids is 1. The molecule has 0 radical (unpaired) electrons. The molecule has 0 aromatic heterocycles. The van der Waals surface area contributed by atoms with E-state index in [0.717, 1.165) is 11.1 Å². The number of rotatable bonds is 2. The smallest absolute Gasteiger partial charge is 0.410 e. The Labute approximate surface area is 145 Å². The number of hydrogen-bond donors (Lipinski definition) is 1. The van der Waals surface area contributed by atoms with Gasteiger partial charge in [0.2, 0.25) is 0 Å². The van der Waals surface area contributed by atoms with Crippen LogP contribution >= 0.6 is 0 Å². The lowest BCUT2D eigenvalue weighted by molar-refractivity contribution is -0.0872. The van der Waals surface area contributed by atoms with E-state index in [1.165, 1.54) is 12.1 Å². The van der Waals surface area contributed by atoms with E-state index in [4.69, 9.17) is 15.2 Å². The summed E-state index contributed by atoms with van der Waals surface area (Å²) in [6, 6.07) is 13.7. The third-order valence-corrected chi connectivity index (χ3v) is 4.71. The molecule has 1 fully saturated rings. The Morgan fingerprint density at radius 3 is 2.80 bits per heavy atom. The summed E-state index contributed by atoms with van der Waals surface area (Å²) >= 11 is 0. The quantitative estimate of drug-likeness (QED) is 0.911. The fraction of sp³-hybridized carbons (Fsp3) is 0.316. The summed E-state index contributed by atoms with van der Waals surface area (Å²) in [5.41, 5.74) is 7.39. The first kappa shape index (κ1) is 15.9. The van der Waals surface area contributed by atoms with Crippen molar-refractivity contribution >= 4 is 6.09 Å². The van der Waals surface area contributed by atoms with Crippen molar-refractivity contribution in [1.29, 1.82) is 0 Å². The molecule has 2 aliphatic heterocycles. The van der Waals surface area contributed by atoms with Gasteiger partial charge in [-0.05, 0) is 11.6 Å². The molecule has 0 saturated carbocycles. The SMILES string of the molecule is NC1CC2(CN(C(=O)OCc3ccccc3)C2)Oc2cc(F)ccc21. The molecule has 130 valence electrons. The van der Waals surface area contributed by atoms with Gasteiger partial charge in [-0.15, -0.1) is 0 Å². The van der Waals surface area contributed by atoms with Gasteiger partial charge in [-0.3, -0.25) is 0 Å². The Bertz CT molecular complexity index is 791.